The Balaban J connectivity index is 1.31. The zero-order chi connectivity index (χ0) is 15.1. The van der Waals surface area contributed by atoms with Crippen LogP contribution in [0.1, 0.15) is 28.7 Å². The van der Waals surface area contributed by atoms with E-state index in [0.29, 0.717) is 23.7 Å². The van der Waals surface area contributed by atoms with Crippen LogP contribution < -0.4 is 0 Å². The Bertz CT molecular complexity index is 642. The number of likely N-dealkylation sites (tertiary alicyclic amines) is 1. The molecule has 0 bridgehead atoms. The largest absolute Gasteiger partial charge is 0.373 e. The molecule has 2 saturated heterocycles. The Morgan fingerprint density at radius 1 is 1.36 bits per heavy atom. The summed E-state index contributed by atoms with van der Waals surface area (Å²) in [5, 5.41) is 3.84. The predicted octanol–water partition coefficient (Wildman–Crippen LogP) is 1.97. The number of thiazole rings is 1. The quantitative estimate of drug-likeness (QED) is 0.858. The third-order valence-electron chi connectivity index (χ3n) is 4.57. The summed E-state index contributed by atoms with van der Waals surface area (Å²) in [6.07, 6.45) is 2.40. The summed E-state index contributed by atoms with van der Waals surface area (Å²) < 4.78 is 11.4. The Kier molecular flexibility index (Phi) is 3.71. The number of hydrogen-bond donors (Lipinski definition) is 0. The van der Waals surface area contributed by atoms with Gasteiger partial charge < -0.3 is 9.26 Å². The minimum absolute atomic E-state index is 0.224. The van der Waals surface area contributed by atoms with E-state index in [1.54, 1.807) is 11.3 Å². The van der Waals surface area contributed by atoms with Crippen LogP contribution in [0.5, 0.6) is 0 Å². The second-order valence-corrected chi connectivity index (χ2v) is 7.23. The number of fused-ring (bicyclic) bond motifs is 1. The monoisotopic (exact) mass is 320 g/mol. The molecule has 22 heavy (non-hydrogen) atoms. The van der Waals surface area contributed by atoms with E-state index in [0.717, 1.165) is 38.2 Å². The van der Waals surface area contributed by atoms with Crippen LogP contribution in [0.2, 0.25) is 0 Å². The normalized spacial score (nSPS) is 28.4. The molecule has 0 aromatic carbocycles. The summed E-state index contributed by atoms with van der Waals surface area (Å²) in [5.74, 6) is 2.01. The molecule has 7 heteroatoms. The number of aromatic nitrogens is 3. The van der Waals surface area contributed by atoms with E-state index >= 15 is 0 Å². The SMILES string of the molecule is Cc1noc(C[C@@H]2C[C@@H]3CN(Cc4scnc4C)C[C@@H]3O2)n1. The average Bonchev–Trinajstić information content (AvgIpc) is 3.19. The van der Waals surface area contributed by atoms with Crippen LogP contribution >= 0.6 is 11.3 Å². The van der Waals surface area contributed by atoms with Gasteiger partial charge in [0.2, 0.25) is 5.89 Å². The van der Waals surface area contributed by atoms with Crippen LogP contribution in [0.15, 0.2) is 10.0 Å². The molecule has 3 atom stereocenters. The lowest BCUT2D eigenvalue weighted by atomic mass is 10.0. The van der Waals surface area contributed by atoms with Gasteiger partial charge in [0, 0.05) is 30.4 Å². The maximum atomic E-state index is 6.20. The van der Waals surface area contributed by atoms with Gasteiger partial charge >= 0.3 is 0 Å². The highest BCUT2D eigenvalue weighted by Gasteiger charge is 2.42. The first-order chi connectivity index (χ1) is 10.7. The van der Waals surface area contributed by atoms with Gasteiger partial charge in [-0.2, -0.15) is 4.98 Å². The van der Waals surface area contributed by atoms with Crippen LogP contribution in [0.4, 0.5) is 0 Å². The smallest absolute Gasteiger partial charge is 0.229 e. The maximum Gasteiger partial charge on any atom is 0.229 e. The van der Waals surface area contributed by atoms with Gasteiger partial charge in [-0.3, -0.25) is 4.90 Å². The van der Waals surface area contributed by atoms with Crippen molar-refractivity contribution in [2.24, 2.45) is 5.92 Å². The van der Waals surface area contributed by atoms with Crippen molar-refractivity contribution in [2.75, 3.05) is 13.1 Å². The molecule has 0 spiro atoms. The molecule has 4 rings (SSSR count). The molecule has 2 aliphatic rings. The first-order valence-electron chi connectivity index (χ1n) is 7.73. The highest BCUT2D eigenvalue weighted by atomic mass is 32.1. The van der Waals surface area contributed by atoms with E-state index in [1.165, 1.54) is 4.88 Å². The fraction of sp³-hybridized carbons (Fsp3) is 0.667. The Morgan fingerprint density at radius 2 is 2.27 bits per heavy atom. The van der Waals surface area contributed by atoms with Crippen LogP contribution in [0.3, 0.4) is 0 Å². The summed E-state index contributed by atoms with van der Waals surface area (Å²) >= 11 is 1.75. The Labute approximate surface area is 133 Å². The van der Waals surface area contributed by atoms with Crippen molar-refractivity contribution in [3.05, 3.63) is 27.8 Å². The van der Waals surface area contributed by atoms with Crippen molar-refractivity contribution in [3.8, 4) is 0 Å². The molecule has 4 heterocycles. The minimum atomic E-state index is 0.224. The van der Waals surface area contributed by atoms with Gasteiger partial charge in [0.15, 0.2) is 5.82 Å². The molecule has 0 unspecified atom stereocenters. The van der Waals surface area contributed by atoms with E-state index in [2.05, 4.69) is 26.9 Å². The molecule has 2 aromatic rings. The minimum Gasteiger partial charge on any atom is -0.373 e. The highest BCUT2D eigenvalue weighted by molar-refractivity contribution is 7.09. The van der Waals surface area contributed by atoms with Crippen molar-refractivity contribution in [1.29, 1.82) is 0 Å². The van der Waals surface area contributed by atoms with Gasteiger partial charge in [-0.1, -0.05) is 5.16 Å². The number of rotatable bonds is 4. The molecular formula is C15H20N4O2S. The predicted molar refractivity (Wildman–Crippen MR) is 81.6 cm³/mol. The van der Waals surface area contributed by atoms with E-state index in [9.17, 15) is 0 Å². The van der Waals surface area contributed by atoms with Gasteiger partial charge in [-0.25, -0.2) is 4.98 Å². The van der Waals surface area contributed by atoms with E-state index < -0.39 is 0 Å². The summed E-state index contributed by atoms with van der Waals surface area (Å²) in [5.41, 5.74) is 3.09. The standard InChI is InChI=1S/C15H20N4O2S/c1-9-14(22-8-16-9)7-19-5-11-3-12(20-13(11)6-19)4-15-17-10(2)18-21-15/h8,11-13H,3-7H2,1-2H3/t11-,12+,13+/m1/s1. The lowest BCUT2D eigenvalue weighted by molar-refractivity contribution is 0.0344. The zero-order valence-corrected chi connectivity index (χ0v) is 13.7. The Hall–Kier alpha value is -1.31. The number of nitrogens with zero attached hydrogens (tertiary/aromatic N) is 4. The zero-order valence-electron chi connectivity index (χ0n) is 12.9. The van der Waals surface area contributed by atoms with Gasteiger partial charge in [0.25, 0.3) is 0 Å². The Morgan fingerprint density at radius 3 is 2.95 bits per heavy atom. The van der Waals surface area contributed by atoms with Crippen molar-refractivity contribution < 1.29 is 9.26 Å². The molecule has 0 N–H and O–H groups in total. The molecule has 2 aliphatic heterocycles. The van der Waals surface area contributed by atoms with Crippen molar-refractivity contribution in [1.82, 2.24) is 20.0 Å². The maximum absolute atomic E-state index is 6.20. The summed E-state index contributed by atoms with van der Waals surface area (Å²) in [7, 11) is 0. The van der Waals surface area contributed by atoms with Crippen LogP contribution in [0.25, 0.3) is 0 Å². The molecule has 2 fully saturated rings. The third-order valence-corrected chi connectivity index (χ3v) is 5.49. The van der Waals surface area contributed by atoms with Gasteiger partial charge in [-0.15, -0.1) is 11.3 Å². The lowest BCUT2D eigenvalue weighted by Crippen LogP contribution is -2.25. The number of ether oxygens (including phenoxy) is 1. The third kappa shape index (κ3) is 2.80. The second-order valence-electron chi connectivity index (χ2n) is 6.29. The molecule has 2 aromatic heterocycles. The highest BCUT2D eigenvalue weighted by Crippen LogP contribution is 2.35. The fourth-order valence-electron chi connectivity index (χ4n) is 3.51. The van der Waals surface area contributed by atoms with E-state index in [1.807, 2.05) is 12.4 Å². The molecule has 118 valence electrons. The number of aryl methyl sites for hydroxylation is 2. The van der Waals surface area contributed by atoms with Gasteiger partial charge in [0.05, 0.1) is 29.8 Å². The second kappa shape index (κ2) is 5.72. The average molecular weight is 320 g/mol. The molecule has 0 saturated carbocycles. The number of hydrogen-bond acceptors (Lipinski definition) is 7. The molecule has 0 amide bonds. The molecule has 0 aliphatic carbocycles. The van der Waals surface area contributed by atoms with Crippen molar-refractivity contribution in [3.63, 3.8) is 0 Å². The molecule has 0 radical (unpaired) electrons. The fourth-order valence-corrected chi connectivity index (χ4v) is 4.33. The van der Waals surface area contributed by atoms with E-state index in [-0.39, 0.29) is 6.10 Å². The summed E-state index contributed by atoms with van der Waals surface area (Å²) in [4.78, 5) is 12.5. The lowest BCUT2D eigenvalue weighted by Gasteiger charge is -2.18. The topological polar surface area (TPSA) is 64.3 Å². The van der Waals surface area contributed by atoms with Gasteiger partial charge in [0.1, 0.15) is 0 Å². The summed E-state index contributed by atoms with van der Waals surface area (Å²) in [6.45, 7) is 7.06. The van der Waals surface area contributed by atoms with Crippen LogP contribution in [-0.4, -0.2) is 45.3 Å². The first kappa shape index (κ1) is 14.3. The first-order valence-corrected chi connectivity index (χ1v) is 8.61. The van der Waals surface area contributed by atoms with E-state index in [4.69, 9.17) is 9.26 Å². The molecular weight excluding hydrogens is 300 g/mol. The van der Waals surface area contributed by atoms with Crippen molar-refractivity contribution >= 4 is 11.3 Å². The van der Waals surface area contributed by atoms with Crippen LogP contribution in [0, 0.1) is 19.8 Å². The molecule has 6 nitrogen and oxygen atoms in total. The summed E-state index contributed by atoms with van der Waals surface area (Å²) in [6, 6.07) is 0. The van der Waals surface area contributed by atoms with Crippen molar-refractivity contribution in [2.45, 2.75) is 45.4 Å². The van der Waals surface area contributed by atoms with Crippen LogP contribution in [-0.2, 0) is 17.7 Å². The van der Waals surface area contributed by atoms with Gasteiger partial charge in [-0.05, 0) is 20.3 Å².